The van der Waals surface area contributed by atoms with Gasteiger partial charge in [-0.3, -0.25) is 4.79 Å². The molecular formula is C13H13NO. The van der Waals surface area contributed by atoms with Crippen LogP contribution in [0.25, 0.3) is 0 Å². The maximum absolute atomic E-state index is 12.2. The highest BCUT2D eigenvalue weighted by molar-refractivity contribution is 6.07. The zero-order chi connectivity index (χ0) is 13.3. The van der Waals surface area contributed by atoms with Crippen LogP contribution in [0.5, 0.6) is 0 Å². The summed E-state index contributed by atoms with van der Waals surface area (Å²) >= 11 is 0. The number of aryl methyl sites for hydroxylation is 2. The second kappa shape index (κ2) is 3.73. The van der Waals surface area contributed by atoms with Crippen molar-refractivity contribution in [3.63, 3.8) is 0 Å². The van der Waals surface area contributed by atoms with Crippen LogP contribution in [0.3, 0.4) is 0 Å². The fraction of sp³-hybridized carbons (Fsp3) is 0.154. The lowest BCUT2D eigenvalue weighted by Gasteiger charge is -2.02. The first-order chi connectivity index (χ1) is 8.39. The van der Waals surface area contributed by atoms with E-state index < -0.39 is 6.98 Å². The molecule has 0 aliphatic carbocycles. The molecule has 0 saturated carbocycles. The lowest BCUT2D eigenvalue weighted by Crippen LogP contribution is -2.06. The van der Waals surface area contributed by atoms with Crippen molar-refractivity contribution < 1.29 is 8.91 Å². The maximum atomic E-state index is 12.2. The van der Waals surface area contributed by atoms with E-state index in [1.54, 1.807) is 18.2 Å². The van der Waals surface area contributed by atoms with Crippen LogP contribution in [0, 0.1) is 6.92 Å². The lowest BCUT2D eigenvalue weighted by atomic mass is 10.1. The molecule has 0 unspecified atom stereocenters. The van der Waals surface area contributed by atoms with E-state index in [1.165, 1.54) is 12.3 Å². The third-order valence-electron chi connectivity index (χ3n) is 2.30. The zero-order valence-electron chi connectivity index (χ0n) is 11.4. The van der Waals surface area contributed by atoms with E-state index in [1.807, 2.05) is 19.1 Å². The van der Waals surface area contributed by atoms with E-state index in [0.29, 0.717) is 5.56 Å². The summed E-state index contributed by atoms with van der Waals surface area (Å²) in [5.41, 5.74) is 1.72. The van der Waals surface area contributed by atoms with Gasteiger partial charge in [0.25, 0.3) is 0 Å². The molecule has 0 saturated heterocycles. The first-order valence-corrected chi connectivity index (χ1v) is 4.69. The minimum atomic E-state index is -2.33. The molecular weight excluding hydrogens is 186 g/mol. The average Bonchev–Trinajstić information content (AvgIpc) is 2.77. The van der Waals surface area contributed by atoms with Gasteiger partial charge < -0.3 is 4.57 Å². The summed E-state index contributed by atoms with van der Waals surface area (Å²) in [6.45, 7) is -0.404. The van der Waals surface area contributed by atoms with Gasteiger partial charge in [-0.2, -0.15) is 0 Å². The van der Waals surface area contributed by atoms with Gasteiger partial charge in [-0.1, -0.05) is 29.8 Å². The van der Waals surface area contributed by atoms with Crippen molar-refractivity contribution in [2.75, 3.05) is 0 Å². The standard InChI is InChI=1S/C13H13NO/c1-10-5-7-11(8-6-10)13(15)12-4-3-9-14(12)2/h3-9H,1-2H3/i2D3. The Labute approximate surface area is 93.4 Å². The van der Waals surface area contributed by atoms with E-state index in [-0.39, 0.29) is 11.5 Å². The number of benzene rings is 1. The highest BCUT2D eigenvalue weighted by Crippen LogP contribution is 2.10. The molecule has 2 rings (SSSR count). The molecule has 0 aliphatic rings. The third-order valence-corrected chi connectivity index (χ3v) is 2.30. The number of aromatic nitrogens is 1. The van der Waals surface area contributed by atoms with Crippen LogP contribution in [-0.4, -0.2) is 10.4 Å². The van der Waals surface area contributed by atoms with Crippen molar-refractivity contribution in [1.82, 2.24) is 4.57 Å². The predicted molar refractivity (Wildman–Crippen MR) is 60.0 cm³/mol. The van der Waals surface area contributed by atoms with Gasteiger partial charge in [-0.05, 0) is 19.1 Å². The Balaban J connectivity index is 2.41. The van der Waals surface area contributed by atoms with Crippen molar-refractivity contribution in [3.8, 4) is 0 Å². The SMILES string of the molecule is [2H]C([2H])([2H])n1cccc1C(=O)c1ccc(C)cc1. The fourth-order valence-electron chi connectivity index (χ4n) is 1.42. The summed E-state index contributed by atoms with van der Waals surface area (Å²) < 4.78 is 23.1. The Hall–Kier alpha value is -1.83. The summed E-state index contributed by atoms with van der Waals surface area (Å²) in [6, 6.07) is 10.1. The molecule has 0 amide bonds. The highest BCUT2D eigenvalue weighted by atomic mass is 16.1. The van der Waals surface area contributed by atoms with E-state index in [2.05, 4.69) is 0 Å². The Morgan fingerprint density at radius 1 is 1.27 bits per heavy atom. The number of rotatable bonds is 2. The Morgan fingerprint density at radius 3 is 2.67 bits per heavy atom. The van der Waals surface area contributed by atoms with Gasteiger partial charge in [0.05, 0.1) is 5.69 Å². The smallest absolute Gasteiger partial charge is 0.209 e. The molecule has 0 atom stereocenters. The van der Waals surface area contributed by atoms with Crippen LogP contribution in [0.1, 0.15) is 25.7 Å². The second-order valence-electron chi connectivity index (χ2n) is 3.46. The fourth-order valence-corrected chi connectivity index (χ4v) is 1.42. The van der Waals surface area contributed by atoms with Crippen molar-refractivity contribution in [2.24, 2.45) is 6.98 Å². The van der Waals surface area contributed by atoms with E-state index in [0.717, 1.165) is 10.1 Å². The second-order valence-corrected chi connectivity index (χ2v) is 3.46. The van der Waals surface area contributed by atoms with Crippen LogP contribution in [-0.2, 0) is 6.98 Å². The van der Waals surface area contributed by atoms with Crippen molar-refractivity contribution in [2.45, 2.75) is 6.92 Å². The minimum Gasteiger partial charge on any atom is -0.348 e. The summed E-state index contributed by atoms with van der Waals surface area (Å²) in [5, 5.41) is 0. The predicted octanol–water partition coefficient (Wildman–Crippen LogP) is 2.56. The molecule has 2 aromatic rings. The van der Waals surface area contributed by atoms with Crippen LogP contribution in [0.15, 0.2) is 42.6 Å². The van der Waals surface area contributed by atoms with Gasteiger partial charge in [-0.25, -0.2) is 0 Å². The first-order valence-electron chi connectivity index (χ1n) is 6.19. The quantitative estimate of drug-likeness (QED) is 0.686. The van der Waals surface area contributed by atoms with E-state index in [4.69, 9.17) is 4.11 Å². The molecule has 15 heavy (non-hydrogen) atoms. The number of hydrogen-bond acceptors (Lipinski definition) is 1. The molecule has 0 fully saturated rings. The Morgan fingerprint density at radius 2 is 2.00 bits per heavy atom. The van der Waals surface area contributed by atoms with Gasteiger partial charge >= 0.3 is 0 Å². The maximum Gasteiger partial charge on any atom is 0.209 e. The molecule has 1 aromatic carbocycles. The molecule has 0 aliphatic heterocycles. The molecule has 0 spiro atoms. The average molecular weight is 202 g/mol. The molecule has 0 N–H and O–H groups in total. The van der Waals surface area contributed by atoms with Gasteiger partial charge in [0, 0.05) is 22.8 Å². The number of ketones is 1. The number of carbonyl (C=O) groups excluding carboxylic acids is 1. The minimum absolute atomic E-state index is 0.179. The molecule has 2 nitrogen and oxygen atoms in total. The normalized spacial score (nSPS) is 14.1. The summed E-state index contributed by atoms with van der Waals surface area (Å²) in [5.74, 6) is -0.281. The van der Waals surface area contributed by atoms with Crippen LogP contribution >= 0.6 is 0 Å². The van der Waals surface area contributed by atoms with Gasteiger partial charge in [0.15, 0.2) is 0 Å². The van der Waals surface area contributed by atoms with E-state index >= 15 is 0 Å². The number of carbonyl (C=O) groups is 1. The Kier molecular flexibility index (Phi) is 1.65. The molecule has 2 heteroatoms. The Bertz CT molecular complexity index is 567. The molecule has 0 bridgehead atoms. The lowest BCUT2D eigenvalue weighted by molar-refractivity contribution is 0.103. The highest BCUT2D eigenvalue weighted by Gasteiger charge is 2.10. The van der Waals surface area contributed by atoms with Gasteiger partial charge in [0.2, 0.25) is 5.78 Å². The largest absolute Gasteiger partial charge is 0.348 e. The van der Waals surface area contributed by atoms with Gasteiger partial charge in [-0.15, -0.1) is 0 Å². The van der Waals surface area contributed by atoms with Crippen LogP contribution < -0.4 is 0 Å². The molecule has 1 heterocycles. The number of hydrogen-bond donors (Lipinski definition) is 0. The third kappa shape index (κ3) is 1.84. The summed E-state index contributed by atoms with van der Waals surface area (Å²) in [6.07, 6.45) is 1.40. The molecule has 76 valence electrons. The molecule has 0 radical (unpaired) electrons. The number of nitrogens with zero attached hydrogens (tertiary/aromatic N) is 1. The first kappa shape index (κ1) is 6.62. The van der Waals surface area contributed by atoms with Crippen molar-refractivity contribution in [3.05, 3.63) is 59.4 Å². The van der Waals surface area contributed by atoms with Gasteiger partial charge in [0.1, 0.15) is 0 Å². The van der Waals surface area contributed by atoms with Crippen molar-refractivity contribution >= 4 is 5.78 Å². The topological polar surface area (TPSA) is 22.0 Å². The summed E-state index contributed by atoms with van der Waals surface area (Å²) in [7, 11) is 0. The van der Waals surface area contributed by atoms with Crippen LogP contribution in [0.2, 0.25) is 0 Å². The van der Waals surface area contributed by atoms with Crippen LogP contribution in [0.4, 0.5) is 0 Å². The molecule has 1 aromatic heterocycles. The van der Waals surface area contributed by atoms with Crippen molar-refractivity contribution in [1.29, 1.82) is 0 Å². The van der Waals surface area contributed by atoms with E-state index in [9.17, 15) is 4.79 Å². The zero-order valence-corrected chi connectivity index (χ0v) is 8.40. The summed E-state index contributed by atoms with van der Waals surface area (Å²) in [4.78, 5) is 12.2. The monoisotopic (exact) mass is 202 g/mol.